The molecule has 1 saturated carbocycles. The van der Waals surface area contributed by atoms with Gasteiger partial charge in [-0.05, 0) is 76.0 Å². The number of fused-ring (bicyclic) bond motifs is 1. The van der Waals surface area contributed by atoms with Crippen molar-refractivity contribution in [1.82, 2.24) is 15.2 Å². The van der Waals surface area contributed by atoms with Gasteiger partial charge in [-0.3, -0.25) is 14.6 Å². The first kappa shape index (κ1) is 21.7. The maximum atomic E-state index is 13.0. The standard InChI is InChI=1S/C27H31N3O3/c1-16-6-5-7-21-19(4)24(33-23(16)21)25(31)29-20-13-27(14-20)8-10-30(11-9-27)26(32)22-12-18(3)28-15-17(22)2/h5-7,12,15,20H,8-11,13-14H2,1-4H3,(H,29,31). The highest BCUT2D eigenvalue weighted by Gasteiger charge is 2.47. The summed E-state index contributed by atoms with van der Waals surface area (Å²) in [5, 5.41) is 4.18. The van der Waals surface area contributed by atoms with Gasteiger partial charge in [0, 0.05) is 47.5 Å². The van der Waals surface area contributed by atoms with Gasteiger partial charge in [-0.25, -0.2) is 0 Å². The Morgan fingerprint density at radius 2 is 1.82 bits per heavy atom. The third-order valence-corrected chi connectivity index (χ3v) is 7.64. The van der Waals surface area contributed by atoms with E-state index in [9.17, 15) is 9.59 Å². The van der Waals surface area contributed by atoms with Crippen molar-refractivity contribution in [3.05, 3.63) is 64.2 Å². The molecule has 1 aliphatic heterocycles. The molecule has 6 nitrogen and oxygen atoms in total. The molecule has 0 radical (unpaired) electrons. The van der Waals surface area contributed by atoms with E-state index in [1.165, 1.54) is 0 Å². The Kier molecular flexibility index (Phi) is 5.26. The molecular weight excluding hydrogens is 414 g/mol. The summed E-state index contributed by atoms with van der Waals surface area (Å²) in [6, 6.07) is 8.04. The van der Waals surface area contributed by atoms with Crippen molar-refractivity contribution < 1.29 is 14.0 Å². The normalized spacial score (nSPS) is 17.9. The number of nitrogens with zero attached hydrogens (tertiary/aromatic N) is 2. The van der Waals surface area contributed by atoms with Gasteiger partial charge in [0.05, 0.1) is 0 Å². The largest absolute Gasteiger partial charge is 0.450 e. The second-order valence-corrected chi connectivity index (χ2v) is 10.0. The molecule has 2 aromatic heterocycles. The lowest BCUT2D eigenvalue weighted by Gasteiger charge is -2.52. The minimum atomic E-state index is -0.126. The average Bonchev–Trinajstić information content (AvgIpc) is 3.12. The summed E-state index contributed by atoms with van der Waals surface area (Å²) in [4.78, 5) is 32.2. The SMILES string of the molecule is Cc1cc(C(=O)N2CCC3(CC2)CC(NC(=O)c2oc4c(C)cccc4c2C)C3)c(C)cn1. The smallest absolute Gasteiger partial charge is 0.287 e. The molecule has 6 heteroatoms. The van der Waals surface area contributed by atoms with E-state index < -0.39 is 0 Å². The van der Waals surface area contributed by atoms with Gasteiger partial charge in [-0.1, -0.05) is 18.2 Å². The summed E-state index contributed by atoms with van der Waals surface area (Å²) in [5.74, 6) is 0.399. The minimum absolute atomic E-state index is 0.104. The van der Waals surface area contributed by atoms with Crippen LogP contribution in [0.2, 0.25) is 0 Å². The number of rotatable bonds is 3. The lowest BCUT2D eigenvalue weighted by Crippen LogP contribution is -2.55. The number of furan rings is 1. The van der Waals surface area contributed by atoms with Crippen LogP contribution < -0.4 is 5.32 Å². The Morgan fingerprint density at radius 3 is 2.52 bits per heavy atom. The molecule has 0 unspecified atom stereocenters. The first-order valence-electron chi connectivity index (χ1n) is 11.8. The Bertz CT molecular complexity index is 1240. The van der Waals surface area contributed by atoms with Crippen LogP contribution in [0.1, 0.15) is 69.0 Å². The van der Waals surface area contributed by atoms with Crippen molar-refractivity contribution in [2.45, 2.75) is 59.4 Å². The lowest BCUT2D eigenvalue weighted by atomic mass is 9.60. The molecule has 2 amide bonds. The Labute approximate surface area is 194 Å². The van der Waals surface area contributed by atoms with Crippen LogP contribution in [0, 0.1) is 33.1 Å². The van der Waals surface area contributed by atoms with Crippen molar-refractivity contribution in [3.63, 3.8) is 0 Å². The Balaban J connectivity index is 1.18. The highest BCUT2D eigenvalue weighted by atomic mass is 16.3. The predicted octanol–water partition coefficient (Wildman–Crippen LogP) is 4.88. The summed E-state index contributed by atoms with van der Waals surface area (Å²) >= 11 is 0. The molecule has 3 heterocycles. The Hall–Kier alpha value is -3.15. The zero-order chi connectivity index (χ0) is 23.3. The molecule has 1 aliphatic carbocycles. The van der Waals surface area contributed by atoms with E-state index in [1.807, 2.05) is 56.9 Å². The van der Waals surface area contributed by atoms with Gasteiger partial charge >= 0.3 is 0 Å². The van der Waals surface area contributed by atoms with Gasteiger partial charge < -0.3 is 14.6 Å². The van der Waals surface area contributed by atoms with Gasteiger partial charge in [0.15, 0.2) is 5.76 Å². The molecule has 1 N–H and O–H groups in total. The first-order valence-corrected chi connectivity index (χ1v) is 11.8. The number of aromatic nitrogens is 1. The molecule has 1 spiro atoms. The van der Waals surface area contributed by atoms with Crippen LogP contribution in [0.5, 0.6) is 0 Å². The van der Waals surface area contributed by atoms with Crippen molar-refractivity contribution in [2.24, 2.45) is 5.41 Å². The fraction of sp³-hybridized carbons (Fsp3) is 0.444. The topological polar surface area (TPSA) is 75.4 Å². The summed E-state index contributed by atoms with van der Waals surface area (Å²) in [5.41, 5.74) is 5.51. The summed E-state index contributed by atoms with van der Waals surface area (Å²) in [6.45, 7) is 9.33. The van der Waals surface area contributed by atoms with Crippen molar-refractivity contribution in [2.75, 3.05) is 13.1 Å². The number of benzene rings is 1. The van der Waals surface area contributed by atoms with Gasteiger partial charge in [-0.15, -0.1) is 0 Å². The monoisotopic (exact) mass is 445 g/mol. The van der Waals surface area contributed by atoms with E-state index >= 15 is 0 Å². The number of likely N-dealkylation sites (tertiary alicyclic amines) is 1. The fourth-order valence-corrected chi connectivity index (χ4v) is 5.56. The second-order valence-electron chi connectivity index (χ2n) is 10.0. The number of hydrogen-bond donors (Lipinski definition) is 1. The van der Waals surface area contributed by atoms with Crippen LogP contribution in [0.25, 0.3) is 11.0 Å². The third-order valence-electron chi connectivity index (χ3n) is 7.64. The lowest BCUT2D eigenvalue weighted by molar-refractivity contribution is 0.00829. The number of hydrogen-bond acceptors (Lipinski definition) is 4. The number of para-hydroxylation sites is 1. The number of aryl methyl sites for hydroxylation is 4. The van der Waals surface area contributed by atoms with Gasteiger partial charge in [0.25, 0.3) is 11.8 Å². The predicted molar refractivity (Wildman–Crippen MR) is 127 cm³/mol. The Morgan fingerprint density at radius 1 is 1.09 bits per heavy atom. The van der Waals surface area contributed by atoms with E-state index in [2.05, 4.69) is 10.3 Å². The number of carbonyl (C=O) groups is 2. The molecule has 0 bridgehead atoms. The highest BCUT2D eigenvalue weighted by molar-refractivity contribution is 5.99. The van der Waals surface area contributed by atoms with E-state index in [0.29, 0.717) is 5.76 Å². The summed E-state index contributed by atoms with van der Waals surface area (Å²) in [6.07, 6.45) is 5.67. The summed E-state index contributed by atoms with van der Waals surface area (Å²) < 4.78 is 5.94. The molecule has 2 aliphatic rings. The van der Waals surface area contributed by atoms with Gasteiger partial charge in [-0.2, -0.15) is 0 Å². The van der Waals surface area contributed by atoms with Crippen LogP contribution >= 0.6 is 0 Å². The van der Waals surface area contributed by atoms with E-state index in [0.717, 1.165) is 77.7 Å². The maximum absolute atomic E-state index is 13.0. The molecule has 1 saturated heterocycles. The molecule has 1 aromatic carbocycles. The molecule has 0 atom stereocenters. The van der Waals surface area contributed by atoms with Gasteiger partial charge in [0.1, 0.15) is 5.58 Å². The van der Waals surface area contributed by atoms with Crippen LogP contribution in [0.3, 0.4) is 0 Å². The average molecular weight is 446 g/mol. The molecular formula is C27H31N3O3. The summed E-state index contributed by atoms with van der Waals surface area (Å²) in [7, 11) is 0. The van der Waals surface area contributed by atoms with Gasteiger partial charge in [0.2, 0.25) is 0 Å². The molecule has 5 rings (SSSR count). The van der Waals surface area contributed by atoms with Crippen LogP contribution in [-0.4, -0.2) is 40.8 Å². The van der Waals surface area contributed by atoms with Crippen molar-refractivity contribution >= 4 is 22.8 Å². The highest BCUT2D eigenvalue weighted by Crippen LogP contribution is 2.49. The molecule has 3 aromatic rings. The zero-order valence-electron chi connectivity index (χ0n) is 19.8. The van der Waals surface area contributed by atoms with Crippen LogP contribution in [-0.2, 0) is 0 Å². The maximum Gasteiger partial charge on any atom is 0.287 e. The zero-order valence-corrected chi connectivity index (χ0v) is 19.8. The number of amides is 2. The van der Waals surface area contributed by atoms with E-state index in [1.54, 1.807) is 6.20 Å². The molecule has 2 fully saturated rings. The molecule has 33 heavy (non-hydrogen) atoms. The quantitative estimate of drug-likeness (QED) is 0.624. The van der Waals surface area contributed by atoms with E-state index in [4.69, 9.17) is 4.42 Å². The third kappa shape index (κ3) is 3.81. The minimum Gasteiger partial charge on any atom is -0.450 e. The second kappa shape index (κ2) is 8.01. The number of carbonyl (C=O) groups excluding carboxylic acids is 2. The fourth-order valence-electron chi connectivity index (χ4n) is 5.56. The van der Waals surface area contributed by atoms with Crippen molar-refractivity contribution in [3.8, 4) is 0 Å². The molecule has 172 valence electrons. The van der Waals surface area contributed by atoms with E-state index in [-0.39, 0.29) is 23.3 Å². The van der Waals surface area contributed by atoms with Crippen molar-refractivity contribution in [1.29, 1.82) is 0 Å². The van der Waals surface area contributed by atoms with Crippen LogP contribution in [0.15, 0.2) is 34.9 Å². The van der Waals surface area contributed by atoms with Crippen LogP contribution in [0.4, 0.5) is 0 Å². The number of pyridine rings is 1. The number of nitrogens with one attached hydrogen (secondary N) is 1. The number of piperidine rings is 1. The first-order chi connectivity index (χ1) is 15.8.